The van der Waals surface area contributed by atoms with Gasteiger partial charge in [0.1, 0.15) is 6.04 Å². The van der Waals surface area contributed by atoms with Crippen molar-refractivity contribution in [2.24, 2.45) is 0 Å². The van der Waals surface area contributed by atoms with E-state index in [0.717, 1.165) is 25.9 Å². The van der Waals surface area contributed by atoms with Crippen molar-refractivity contribution in [3.05, 3.63) is 0 Å². The molecule has 0 aromatic carbocycles. The highest BCUT2D eigenvalue weighted by molar-refractivity contribution is 5.87. The number of urea groups is 1. The minimum atomic E-state index is -0.496. The Bertz CT molecular complexity index is 340. The summed E-state index contributed by atoms with van der Waals surface area (Å²) in [5.41, 5.74) is 0. The number of ether oxygens (including phenoxy) is 1. The van der Waals surface area contributed by atoms with Crippen molar-refractivity contribution in [1.29, 1.82) is 0 Å². The Hall–Kier alpha value is -1.30. The van der Waals surface area contributed by atoms with Gasteiger partial charge in [0, 0.05) is 25.7 Å². The monoisotopic (exact) mass is 269 g/mol. The molecule has 1 N–H and O–H groups in total. The Morgan fingerprint density at radius 2 is 1.89 bits per heavy atom. The van der Waals surface area contributed by atoms with Crippen LogP contribution in [0.3, 0.4) is 0 Å². The molecule has 108 valence electrons. The van der Waals surface area contributed by atoms with E-state index in [0.29, 0.717) is 13.2 Å². The Balaban J connectivity index is 2.02. The van der Waals surface area contributed by atoms with Crippen molar-refractivity contribution >= 4 is 11.9 Å². The summed E-state index contributed by atoms with van der Waals surface area (Å²) in [7, 11) is 0. The van der Waals surface area contributed by atoms with Gasteiger partial charge < -0.3 is 19.9 Å². The smallest absolute Gasteiger partial charge is 0.320 e. The number of rotatable bonds is 2. The van der Waals surface area contributed by atoms with Crippen LogP contribution >= 0.6 is 0 Å². The van der Waals surface area contributed by atoms with Crippen LogP contribution in [0.4, 0.5) is 4.79 Å². The van der Waals surface area contributed by atoms with E-state index in [4.69, 9.17) is 4.74 Å². The summed E-state index contributed by atoms with van der Waals surface area (Å²) in [5.74, 6) is -0.123. The number of likely N-dealkylation sites (tertiary alicyclic amines) is 1. The fourth-order valence-electron chi connectivity index (χ4n) is 2.52. The molecule has 0 aliphatic carbocycles. The minimum Gasteiger partial charge on any atom is -0.377 e. The van der Waals surface area contributed by atoms with Crippen LogP contribution in [0.25, 0.3) is 0 Å². The summed E-state index contributed by atoms with van der Waals surface area (Å²) in [4.78, 5) is 28.0. The molecule has 2 saturated heterocycles. The molecule has 2 aliphatic rings. The quantitative estimate of drug-likeness (QED) is 0.790. The first-order valence-corrected chi connectivity index (χ1v) is 7.03. The molecule has 0 saturated carbocycles. The van der Waals surface area contributed by atoms with Gasteiger partial charge in [0.25, 0.3) is 0 Å². The Morgan fingerprint density at radius 1 is 1.21 bits per heavy atom. The number of hydrogen-bond acceptors (Lipinski definition) is 3. The molecule has 2 aliphatic heterocycles. The lowest BCUT2D eigenvalue weighted by atomic mass is 10.2. The molecule has 2 rings (SSSR count). The van der Waals surface area contributed by atoms with E-state index in [-0.39, 0.29) is 24.6 Å². The van der Waals surface area contributed by atoms with Crippen molar-refractivity contribution in [1.82, 2.24) is 15.1 Å². The standard InChI is InChI=1S/C13H23N3O3/c1-10(2)14-12(17)11-9-19-8-7-16(11)13(18)15-5-3-4-6-15/h10-11H,3-9H2,1-2H3,(H,14,17). The second kappa shape index (κ2) is 6.23. The molecular weight excluding hydrogens is 246 g/mol. The molecule has 0 aromatic rings. The maximum Gasteiger partial charge on any atom is 0.320 e. The molecule has 3 amide bonds. The van der Waals surface area contributed by atoms with E-state index in [2.05, 4.69) is 5.32 Å². The van der Waals surface area contributed by atoms with Gasteiger partial charge in [0.2, 0.25) is 5.91 Å². The number of carbonyl (C=O) groups excluding carboxylic acids is 2. The average Bonchev–Trinajstić information content (AvgIpc) is 2.91. The molecule has 1 atom stereocenters. The van der Waals surface area contributed by atoms with Gasteiger partial charge in [0.15, 0.2) is 0 Å². The van der Waals surface area contributed by atoms with Crippen LogP contribution in [-0.2, 0) is 9.53 Å². The first-order chi connectivity index (χ1) is 9.09. The third-order valence-corrected chi connectivity index (χ3v) is 3.48. The molecule has 0 spiro atoms. The zero-order valence-corrected chi connectivity index (χ0v) is 11.7. The normalized spacial score (nSPS) is 23.8. The van der Waals surface area contributed by atoms with Gasteiger partial charge in [0.05, 0.1) is 13.2 Å². The second-order valence-electron chi connectivity index (χ2n) is 5.42. The summed E-state index contributed by atoms with van der Waals surface area (Å²) >= 11 is 0. The van der Waals surface area contributed by atoms with Crippen molar-refractivity contribution in [3.8, 4) is 0 Å². The molecule has 0 radical (unpaired) electrons. The predicted octanol–water partition coefficient (Wildman–Crippen LogP) is 0.428. The lowest BCUT2D eigenvalue weighted by Gasteiger charge is -2.37. The highest BCUT2D eigenvalue weighted by Gasteiger charge is 2.35. The van der Waals surface area contributed by atoms with Gasteiger partial charge in [-0.2, -0.15) is 0 Å². The number of nitrogens with zero attached hydrogens (tertiary/aromatic N) is 2. The molecule has 2 heterocycles. The Labute approximate surface area is 114 Å². The third-order valence-electron chi connectivity index (χ3n) is 3.48. The average molecular weight is 269 g/mol. The van der Waals surface area contributed by atoms with E-state index in [1.54, 1.807) is 4.90 Å². The van der Waals surface area contributed by atoms with E-state index >= 15 is 0 Å². The zero-order chi connectivity index (χ0) is 13.8. The largest absolute Gasteiger partial charge is 0.377 e. The summed E-state index contributed by atoms with van der Waals surface area (Å²) in [6.45, 7) is 6.71. The molecule has 6 heteroatoms. The van der Waals surface area contributed by atoms with Crippen LogP contribution in [-0.4, -0.2) is 66.7 Å². The first-order valence-electron chi connectivity index (χ1n) is 7.03. The topological polar surface area (TPSA) is 61.9 Å². The second-order valence-corrected chi connectivity index (χ2v) is 5.42. The maximum absolute atomic E-state index is 12.4. The summed E-state index contributed by atoms with van der Waals surface area (Å²) in [6, 6.07) is -0.452. The molecular formula is C13H23N3O3. The van der Waals surface area contributed by atoms with Crippen molar-refractivity contribution in [2.45, 2.75) is 38.8 Å². The van der Waals surface area contributed by atoms with E-state index in [9.17, 15) is 9.59 Å². The molecule has 19 heavy (non-hydrogen) atoms. The minimum absolute atomic E-state index is 0.0234. The van der Waals surface area contributed by atoms with Gasteiger partial charge in [-0.15, -0.1) is 0 Å². The van der Waals surface area contributed by atoms with E-state index in [1.165, 1.54) is 0 Å². The van der Waals surface area contributed by atoms with Crippen LogP contribution < -0.4 is 5.32 Å². The molecule has 0 bridgehead atoms. The lowest BCUT2D eigenvalue weighted by molar-refractivity contribution is -0.131. The maximum atomic E-state index is 12.4. The SMILES string of the molecule is CC(C)NC(=O)C1COCCN1C(=O)N1CCCC1. The number of hydrogen-bond donors (Lipinski definition) is 1. The fourth-order valence-corrected chi connectivity index (χ4v) is 2.52. The van der Waals surface area contributed by atoms with E-state index in [1.807, 2.05) is 18.7 Å². The zero-order valence-electron chi connectivity index (χ0n) is 11.7. The number of carbonyl (C=O) groups is 2. The van der Waals surface area contributed by atoms with Crippen LogP contribution in [0.5, 0.6) is 0 Å². The molecule has 0 aromatic heterocycles. The van der Waals surface area contributed by atoms with Crippen LogP contribution in [0.2, 0.25) is 0 Å². The van der Waals surface area contributed by atoms with Crippen LogP contribution in [0.1, 0.15) is 26.7 Å². The fraction of sp³-hybridized carbons (Fsp3) is 0.846. The van der Waals surface area contributed by atoms with E-state index < -0.39 is 6.04 Å². The Kier molecular flexibility index (Phi) is 4.63. The van der Waals surface area contributed by atoms with Crippen molar-refractivity contribution in [3.63, 3.8) is 0 Å². The van der Waals surface area contributed by atoms with Gasteiger partial charge in [-0.25, -0.2) is 4.79 Å². The van der Waals surface area contributed by atoms with Gasteiger partial charge >= 0.3 is 6.03 Å². The van der Waals surface area contributed by atoms with Gasteiger partial charge in [-0.1, -0.05) is 0 Å². The molecule has 1 unspecified atom stereocenters. The summed E-state index contributed by atoms with van der Waals surface area (Å²) in [5, 5.41) is 2.86. The van der Waals surface area contributed by atoms with Crippen LogP contribution in [0, 0.1) is 0 Å². The molecule has 6 nitrogen and oxygen atoms in total. The Morgan fingerprint density at radius 3 is 2.53 bits per heavy atom. The van der Waals surface area contributed by atoms with Gasteiger partial charge in [-0.3, -0.25) is 4.79 Å². The van der Waals surface area contributed by atoms with Gasteiger partial charge in [-0.05, 0) is 26.7 Å². The van der Waals surface area contributed by atoms with Crippen molar-refractivity contribution < 1.29 is 14.3 Å². The molecule has 2 fully saturated rings. The highest BCUT2D eigenvalue weighted by atomic mass is 16.5. The number of morpholine rings is 1. The number of nitrogens with one attached hydrogen (secondary N) is 1. The highest BCUT2D eigenvalue weighted by Crippen LogP contribution is 2.15. The summed E-state index contributed by atoms with van der Waals surface area (Å²) < 4.78 is 5.35. The third kappa shape index (κ3) is 3.37. The summed E-state index contributed by atoms with van der Waals surface area (Å²) in [6.07, 6.45) is 2.11. The van der Waals surface area contributed by atoms with Crippen molar-refractivity contribution in [2.75, 3.05) is 32.8 Å². The number of amides is 3. The first kappa shape index (κ1) is 14.1. The van der Waals surface area contributed by atoms with Crippen LogP contribution in [0.15, 0.2) is 0 Å². The predicted molar refractivity (Wildman–Crippen MR) is 70.8 cm³/mol. The lowest BCUT2D eigenvalue weighted by Crippen LogP contribution is -2.59.